The number of hydrogen-bond acceptors (Lipinski definition) is 6. The lowest BCUT2D eigenvalue weighted by atomic mass is 10.0. The van der Waals surface area contributed by atoms with E-state index in [-0.39, 0.29) is 24.5 Å². The van der Waals surface area contributed by atoms with Gasteiger partial charge in [0.1, 0.15) is 37.2 Å². The van der Waals surface area contributed by atoms with Crippen LogP contribution in [0.2, 0.25) is 0 Å². The molecule has 0 saturated carbocycles. The van der Waals surface area contributed by atoms with E-state index in [2.05, 4.69) is 10.6 Å². The molecule has 136 valence electrons. The van der Waals surface area contributed by atoms with Crippen molar-refractivity contribution in [2.75, 3.05) is 26.4 Å². The second-order valence-corrected chi connectivity index (χ2v) is 6.75. The van der Waals surface area contributed by atoms with Gasteiger partial charge in [-0.25, -0.2) is 0 Å². The molecule has 0 radical (unpaired) electrons. The van der Waals surface area contributed by atoms with Crippen LogP contribution in [-0.2, 0) is 9.47 Å². The first-order valence-corrected chi connectivity index (χ1v) is 9.07. The maximum Gasteiger partial charge on any atom is 0.138 e. The molecule has 2 aromatic carbocycles. The molecule has 4 heterocycles. The van der Waals surface area contributed by atoms with Crippen LogP contribution in [0.1, 0.15) is 23.6 Å². The van der Waals surface area contributed by atoms with Gasteiger partial charge in [0, 0.05) is 11.1 Å². The fourth-order valence-corrected chi connectivity index (χ4v) is 3.77. The zero-order chi connectivity index (χ0) is 17.3. The third-order valence-corrected chi connectivity index (χ3v) is 5.10. The van der Waals surface area contributed by atoms with Crippen molar-refractivity contribution in [1.82, 2.24) is 10.6 Å². The van der Waals surface area contributed by atoms with E-state index in [1.165, 1.54) is 0 Å². The van der Waals surface area contributed by atoms with Crippen LogP contribution in [0.25, 0.3) is 0 Å². The third-order valence-electron chi connectivity index (χ3n) is 5.10. The molecule has 6 rings (SSSR count). The van der Waals surface area contributed by atoms with Crippen LogP contribution in [0, 0.1) is 0 Å². The van der Waals surface area contributed by atoms with Crippen LogP contribution in [0.15, 0.2) is 48.5 Å². The molecule has 0 amide bonds. The molecule has 4 aliphatic heterocycles. The molecular weight excluding hydrogens is 332 g/mol. The molecule has 26 heavy (non-hydrogen) atoms. The predicted octanol–water partition coefficient (Wildman–Crippen LogP) is 2.13. The first-order valence-electron chi connectivity index (χ1n) is 9.07. The molecule has 6 heteroatoms. The molecule has 4 atom stereocenters. The minimum atomic E-state index is -0.203. The summed E-state index contributed by atoms with van der Waals surface area (Å²) in [6.45, 7) is 2.14. The summed E-state index contributed by atoms with van der Waals surface area (Å²) in [5.41, 5.74) is 2.01. The highest BCUT2D eigenvalue weighted by Gasteiger charge is 2.38. The van der Waals surface area contributed by atoms with Gasteiger partial charge in [-0.15, -0.1) is 0 Å². The minimum absolute atomic E-state index is 0.175. The molecular formula is C20H22N2O4. The first-order chi connectivity index (χ1) is 12.9. The molecule has 0 aliphatic carbocycles. The zero-order valence-electron chi connectivity index (χ0n) is 14.4. The van der Waals surface area contributed by atoms with Gasteiger partial charge in [-0.1, -0.05) is 36.4 Å². The fourth-order valence-electron chi connectivity index (χ4n) is 3.77. The van der Waals surface area contributed by atoms with Gasteiger partial charge >= 0.3 is 0 Å². The van der Waals surface area contributed by atoms with E-state index >= 15 is 0 Å². The van der Waals surface area contributed by atoms with Gasteiger partial charge in [0.05, 0.1) is 25.3 Å². The first kappa shape index (κ1) is 16.1. The van der Waals surface area contributed by atoms with Crippen LogP contribution in [0.5, 0.6) is 11.5 Å². The Labute approximate surface area is 152 Å². The fraction of sp³-hybridized carbons (Fsp3) is 0.400. The highest BCUT2D eigenvalue weighted by atomic mass is 16.5. The van der Waals surface area contributed by atoms with Gasteiger partial charge in [0.25, 0.3) is 0 Å². The molecule has 2 saturated heterocycles. The van der Waals surface area contributed by atoms with Crippen LogP contribution >= 0.6 is 0 Å². The summed E-state index contributed by atoms with van der Waals surface area (Å²) in [5.74, 6) is 1.64. The van der Waals surface area contributed by atoms with Crippen molar-refractivity contribution in [3.63, 3.8) is 0 Å². The van der Waals surface area contributed by atoms with E-state index < -0.39 is 0 Å². The second-order valence-electron chi connectivity index (χ2n) is 6.75. The summed E-state index contributed by atoms with van der Waals surface area (Å²) in [4.78, 5) is 0. The number of benzene rings is 2. The van der Waals surface area contributed by atoms with Gasteiger partial charge in [0.15, 0.2) is 0 Å². The van der Waals surface area contributed by atoms with Crippen molar-refractivity contribution in [1.29, 1.82) is 0 Å². The van der Waals surface area contributed by atoms with Crippen LogP contribution in [0.3, 0.4) is 0 Å². The normalized spacial score (nSPS) is 30.5. The van der Waals surface area contributed by atoms with Crippen molar-refractivity contribution in [2.24, 2.45) is 0 Å². The number of rotatable bonds is 0. The van der Waals surface area contributed by atoms with Crippen molar-refractivity contribution in [3.05, 3.63) is 59.7 Å². The monoisotopic (exact) mass is 354 g/mol. The summed E-state index contributed by atoms with van der Waals surface area (Å²) in [6, 6.07) is 16.3. The number of fused-ring (bicyclic) bond motifs is 5. The zero-order valence-corrected chi connectivity index (χ0v) is 14.4. The summed E-state index contributed by atoms with van der Waals surface area (Å²) >= 11 is 0. The Hall–Kier alpha value is -2.12. The van der Waals surface area contributed by atoms with Gasteiger partial charge in [-0.2, -0.15) is 0 Å². The van der Waals surface area contributed by atoms with Crippen LogP contribution < -0.4 is 20.1 Å². The van der Waals surface area contributed by atoms with Gasteiger partial charge in [0.2, 0.25) is 0 Å². The lowest BCUT2D eigenvalue weighted by Crippen LogP contribution is -2.62. The largest absolute Gasteiger partial charge is 0.490 e. The highest BCUT2D eigenvalue weighted by molar-refractivity contribution is 5.37. The quantitative estimate of drug-likeness (QED) is 0.756. The number of para-hydroxylation sites is 2. The summed E-state index contributed by atoms with van der Waals surface area (Å²) < 4.78 is 24.2. The highest BCUT2D eigenvalue weighted by Crippen LogP contribution is 2.34. The molecule has 2 N–H and O–H groups in total. The Bertz CT molecular complexity index is 718. The predicted molar refractivity (Wildman–Crippen MR) is 95.1 cm³/mol. The Morgan fingerprint density at radius 2 is 1.12 bits per heavy atom. The van der Waals surface area contributed by atoms with E-state index in [9.17, 15) is 0 Å². The van der Waals surface area contributed by atoms with E-state index in [1.807, 2.05) is 48.5 Å². The molecule has 2 aromatic rings. The summed E-state index contributed by atoms with van der Waals surface area (Å²) in [6.07, 6.45) is -0.406. The molecule has 4 aliphatic rings. The Balaban J connectivity index is 1.50. The van der Waals surface area contributed by atoms with Crippen molar-refractivity contribution in [2.45, 2.75) is 24.5 Å². The third kappa shape index (κ3) is 2.95. The lowest BCUT2D eigenvalue weighted by molar-refractivity contribution is -0.116. The van der Waals surface area contributed by atoms with Crippen LogP contribution in [0.4, 0.5) is 0 Å². The van der Waals surface area contributed by atoms with Gasteiger partial charge in [-0.3, -0.25) is 10.6 Å². The SMILES string of the molecule is c1ccc2c(c1)OCCOc1ccccc1[C@@H]1N[C@@H]3CO[C@H]2N[C@@H]3CO1. The average Bonchev–Trinajstić information content (AvgIpc) is 2.71. The Morgan fingerprint density at radius 3 is 1.62 bits per heavy atom. The summed E-state index contributed by atoms with van der Waals surface area (Å²) in [7, 11) is 0. The molecule has 2 fully saturated rings. The number of hydrogen-bond donors (Lipinski definition) is 2. The van der Waals surface area contributed by atoms with E-state index in [0.29, 0.717) is 26.4 Å². The van der Waals surface area contributed by atoms with E-state index in [0.717, 1.165) is 22.6 Å². The van der Waals surface area contributed by atoms with Crippen molar-refractivity contribution < 1.29 is 18.9 Å². The standard InChI is InChI=1S/C20H22N2O4/c1-3-7-17-13(5-1)19-21-15-12-26-20(22-16(15)11-25-19)14-6-2-4-8-18(14)24-10-9-23-17/h1-8,15-16,19-22H,9-12H2/t15-,16-,19-,20-/m1/s1. The average molecular weight is 354 g/mol. The molecule has 4 bridgehead atoms. The topological polar surface area (TPSA) is 61.0 Å². The number of nitrogens with one attached hydrogen (secondary N) is 2. The van der Waals surface area contributed by atoms with E-state index in [4.69, 9.17) is 18.9 Å². The van der Waals surface area contributed by atoms with Crippen molar-refractivity contribution >= 4 is 0 Å². The van der Waals surface area contributed by atoms with Gasteiger partial charge < -0.3 is 18.9 Å². The number of ether oxygens (including phenoxy) is 4. The molecule has 0 unspecified atom stereocenters. The van der Waals surface area contributed by atoms with Crippen LogP contribution in [-0.4, -0.2) is 38.5 Å². The van der Waals surface area contributed by atoms with Crippen molar-refractivity contribution in [3.8, 4) is 11.5 Å². The van der Waals surface area contributed by atoms with Gasteiger partial charge in [-0.05, 0) is 12.1 Å². The molecule has 0 spiro atoms. The Kier molecular flexibility index (Phi) is 4.26. The molecule has 0 aromatic heterocycles. The smallest absolute Gasteiger partial charge is 0.138 e. The molecule has 6 nitrogen and oxygen atoms in total. The second kappa shape index (κ2) is 6.89. The Morgan fingerprint density at radius 1 is 0.654 bits per heavy atom. The van der Waals surface area contributed by atoms with E-state index in [1.54, 1.807) is 0 Å². The maximum atomic E-state index is 6.11. The minimum Gasteiger partial charge on any atom is -0.490 e. The lowest BCUT2D eigenvalue weighted by Gasteiger charge is -2.44. The summed E-state index contributed by atoms with van der Waals surface area (Å²) in [5, 5.41) is 7.11. The maximum absolute atomic E-state index is 6.11.